The quantitative estimate of drug-likeness (QED) is 0.466. The number of aryl methyl sites for hydroxylation is 1. The van der Waals surface area contributed by atoms with E-state index < -0.39 is 23.4 Å². The molecule has 1 aliphatic rings. The monoisotopic (exact) mass is 441 g/mol. The number of rotatable bonds is 4. The first kappa shape index (κ1) is 20.3. The molecule has 0 bridgehead atoms. The van der Waals surface area contributed by atoms with Crippen molar-refractivity contribution >= 4 is 46.4 Å². The molecule has 0 saturated carbocycles. The number of halogens is 3. The van der Waals surface area contributed by atoms with Gasteiger partial charge in [-0.25, -0.2) is 13.7 Å². The molecule has 0 saturated heterocycles. The zero-order valence-corrected chi connectivity index (χ0v) is 17.2. The van der Waals surface area contributed by atoms with Gasteiger partial charge in [-0.05, 0) is 48.9 Å². The normalized spacial score (nSPS) is 14.1. The lowest BCUT2D eigenvalue weighted by molar-refractivity contribution is -0.119. The number of hydrogen-bond acceptors (Lipinski definition) is 3. The molecular weight excluding hydrogens is 428 g/mol. The summed E-state index contributed by atoms with van der Waals surface area (Å²) >= 11 is 7.03. The van der Waals surface area contributed by atoms with Gasteiger partial charge in [0.1, 0.15) is 11.6 Å². The number of amides is 2. The molecule has 150 valence electrons. The number of hydrogen-bond donors (Lipinski definition) is 0. The Labute approximate surface area is 181 Å². The molecule has 0 atom stereocenters. The second-order valence-electron chi connectivity index (χ2n) is 6.67. The van der Waals surface area contributed by atoms with Crippen LogP contribution in [-0.2, 0) is 9.59 Å². The Bertz CT molecular complexity index is 1190. The van der Waals surface area contributed by atoms with Crippen LogP contribution in [0.25, 0.3) is 5.57 Å². The van der Waals surface area contributed by atoms with E-state index in [0.717, 1.165) is 34.4 Å². The van der Waals surface area contributed by atoms with Gasteiger partial charge in [-0.15, -0.1) is 0 Å². The van der Waals surface area contributed by atoms with E-state index in [4.69, 9.17) is 11.6 Å². The molecule has 0 spiro atoms. The second-order valence-corrected chi connectivity index (χ2v) is 8.19. The van der Waals surface area contributed by atoms with Crippen LogP contribution in [0.5, 0.6) is 0 Å². The highest BCUT2D eigenvalue weighted by Crippen LogP contribution is 2.42. The van der Waals surface area contributed by atoms with Crippen LogP contribution >= 0.6 is 23.4 Å². The van der Waals surface area contributed by atoms with Crippen molar-refractivity contribution in [2.45, 2.75) is 11.8 Å². The maximum Gasteiger partial charge on any atom is 0.273 e. The highest BCUT2D eigenvalue weighted by molar-refractivity contribution is 8.04. The van der Waals surface area contributed by atoms with Crippen molar-refractivity contribution < 1.29 is 18.4 Å². The molecule has 1 heterocycles. The fraction of sp³-hybridized carbons (Fsp3) is 0.0435. The van der Waals surface area contributed by atoms with E-state index in [1.54, 1.807) is 36.4 Å². The van der Waals surface area contributed by atoms with Crippen molar-refractivity contribution in [1.82, 2.24) is 0 Å². The summed E-state index contributed by atoms with van der Waals surface area (Å²) in [4.78, 5) is 28.1. The Kier molecular flexibility index (Phi) is 5.45. The fourth-order valence-electron chi connectivity index (χ4n) is 3.08. The summed E-state index contributed by atoms with van der Waals surface area (Å²) in [5, 5.41) is 0.538. The van der Waals surface area contributed by atoms with Crippen molar-refractivity contribution in [3.05, 3.63) is 99.4 Å². The molecule has 30 heavy (non-hydrogen) atoms. The number of anilines is 1. The molecule has 3 aromatic rings. The predicted molar refractivity (Wildman–Crippen MR) is 114 cm³/mol. The van der Waals surface area contributed by atoms with Crippen molar-refractivity contribution in [2.75, 3.05) is 4.90 Å². The van der Waals surface area contributed by atoms with Crippen molar-refractivity contribution in [1.29, 1.82) is 0 Å². The molecule has 0 unspecified atom stereocenters. The second kappa shape index (κ2) is 8.05. The average molecular weight is 442 g/mol. The van der Waals surface area contributed by atoms with Gasteiger partial charge in [-0.2, -0.15) is 0 Å². The summed E-state index contributed by atoms with van der Waals surface area (Å²) in [7, 11) is 0. The van der Waals surface area contributed by atoms with Crippen LogP contribution in [0.2, 0.25) is 5.02 Å². The standard InChI is InChI=1S/C23H14ClF2NO2S/c1-13-2-4-14(5-3-13)20-21(30-17-9-6-15(24)7-10-17)23(29)27(22(20)28)19-11-8-16(25)12-18(19)26/h2-12H,1H3. The smallest absolute Gasteiger partial charge is 0.268 e. The minimum Gasteiger partial charge on any atom is -0.268 e. The van der Waals surface area contributed by atoms with Crippen LogP contribution in [0.1, 0.15) is 11.1 Å². The molecule has 0 radical (unpaired) electrons. The Balaban J connectivity index is 1.83. The molecule has 4 rings (SSSR count). The molecule has 0 N–H and O–H groups in total. The first-order valence-corrected chi connectivity index (χ1v) is 10.1. The van der Waals surface area contributed by atoms with Gasteiger partial charge in [0, 0.05) is 16.0 Å². The average Bonchev–Trinajstić information content (AvgIpc) is 2.95. The lowest BCUT2D eigenvalue weighted by Crippen LogP contribution is -2.32. The van der Waals surface area contributed by atoms with E-state index in [9.17, 15) is 18.4 Å². The van der Waals surface area contributed by atoms with Gasteiger partial charge < -0.3 is 0 Å². The lowest BCUT2D eigenvalue weighted by Gasteiger charge is -2.16. The third-order valence-corrected chi connectivity index (χ3v) is 5.91. The molecular formula is C23H14ClF2NO2S. The minimum atomic E-state index is -0.988. The van der Waals surface area contributed by atoms with Crippen molar-refractivity contribution in [3.8, 4) is 0 Å². The topological polar surface area (TPSA) is 37.4 Å². The molecule has 0 aromatic heterocycles. The maximum absolute atomic E-state index is 14.4. The van der Waals surface area contributed by atoms with Crippen molar-refractivity contribution in [3.63, 3.8) is 0 Å². The maximum atomic E-state index is 14.4. The SMILES string of the molecule is Cc1ccc(C2=C(Sc3ccc(Cl)cc3)C(=O)N(c3ccc(F)cc3F)C2=O)cc1. The van der Waals surface area contributed by atoms with Crippen LogP contribution in [0, 0.1) is 18.6 Å². The van der Waals surface area contributed by atoms with E-state index in [1.165, 1.54) is 0 Å². The molecule has 7 heteroatoms. The Morgan fingerprint density at radius 1 is 0.867 bits per heavy atom. The van der Waals surface area contributed by atoms with Crippen LogP contribution in [0.15, 0.2) is 76.5 Å². The van der Waals surface area contributed by atoms with Gasteiger partial charge in [-0.3, -0.25) is 9.59 Å². The Hall–Kier alpha value is -2.96. The van der Waals surface area contributed by atoms with Gasteiger partial charge in [0.25, 0.3) is 11.8 Å². The first-order valence-electron chi connectivity index (χ1n) is 8.94. The van der Waals surface area contributed by atoms with E-state index in [2.05, 4.69) is 0 Å². The van der Waals surface area contributed by atoms with Gasteiger partial charge in [0.15, 0.2) is 0 Å². The summed E-state index contributed by atoms with van der Waals surface area (Å²) in [6, 6.07) is 16.7. The Morgan fingerprint density at radius 2 is 1.53 bits per heavy atom. The molecule has 3 aromatic carbocycles. The highest BCUT2D eigenvalue weighted by Gasteiger charge is 2.41. The number of carbonyl (C=O) groups is 2. The van der Waals surface area contributed by atoms with Gasteiger partial charge in [0.2, 0.25) is 0 Å². The number of benzene rings is 3. The van der Waals surface area contributed by atoms with Crippen LogP contribution in [0.4, 0.5) is 14.5 Å². The zero-order chi connectivity index (χ0) is 21.4. The number of nitrogens with zero attached hydrogens (tertiary/aromatic N) is 1. The number of imide groups is 1. The molecule has 3 nitrogen and oxygen atoms in total. The summed E-state index contributed by atoms with van der Waals surface area (Å²) in [5.41, 5.74) is 1.41. The Morgan fingerprint density at radius 3 is 2.17 bits per heavy atom. The minimum absolute atomic E-state index is 0.162. The highest BCUT2D eigenvalue weighted by atomic mass is 35.5. The summed E-state index contributed by atoms with van der Waals surface area (Å²) in [6.07, 6.45) is 0. The number of thioether (sulfide) groups is 1. The van der Waals surface area contributed by atoms with E-state index >= 15 is 0 Å². The van der Waals surface area contributed by atoms with Gasteiger partial charge in [0.05, 0.1) is 16.2 Å². The third-order valence-electron chi connectivity index (χ3n) is 4.57. The van der Waals surface area contributed by atoms with Gasteiger partial charge >= 0.3 is 0 Å². The predicted octanol–water partition coefficient (Wildman–Crippen LogP) is 6.00. The molecule has 0 aliphatic carbocycles. The van der Waals surface area contributed by atoms with Crippen LogP contribution < -0.4 is 4.90 Å². The van der Waals surface area contributed by atoms with Gasteiger partial charge in [-0.1, -0.05) is 53.2 Å². The number of carbonyl (C=O) groups excluding carboxylic acids is 2. The van der Waals surface area contributed by atoms with Crippen LogP contribution in [0.3, 0.4) is 0 Å². The van der Waals surface area contributed by atoms with E-state index in [-0.39, 0.29) is 16.2 Å². The summed E-state index contributed by atoms with van der Waals surface area (Å²) < 4.78 is 27.8. The fourth-order valence-corrected chi connectivity index (χ4v) is 4.20. The summed E-state index contributed by atoms with van der Waals surface area (Å²) in [6.45, 7) is 1.91. The van der Waals surface area contributed by atoms with Crippen LogP contribution in [-0.4, -0.2) is 11.8 Å². The molecule has 2 amide bonds. The molecule has 0 fully saturated rings. The third kappa shape index (κ3) is 3.76. The van der Waals surface area contributed by atoms with E-state index in [1.807, 2.05) is 19.1 Å². The summed E-state index contributed by atoms with van der Waals surface area (Å²) in [5.74, 6) is -3.11. The first-order chi connectivity index (χ1) is 14.3. The molecule has 1 aliphatic heterocycles. The lowest BCUT2D eigenvalue weighted by atomic mass is 10.0. The van der Waals surface area contributed by atoms with Crippen molar-refractivity contribution in [2.24, 2.45) is 0 Å². The largest absolute Gasteiger partial charge is 0.273 e. The van der Waals surface area contributed by atoms with E-state index in [0.29, 0.717) is 21.5 Å². The zero-order valence-electron chi connectivity index (χ0n) is 15.7.